The molecule has 3 unspecified atom stereocenters. The molecule has 3 atom stereocenters. The molecule has 0 aromatic rings. The highest BCUT2D eigenvalue weighted by atomic mass is 16.6. The molecule has 0 radical (unpaired) electrons. The molecule has 1 fully saturated rings. The number of ether oxygens (including phenoxy) is 3. The van der Waals surface area contributed by atoms with E-state index in [4.69, 9.17) is 9.47 Å². The van der Waals surface area contributed by atoms with Crippen molar-refractivity contribution < 1.29 is 19.0 Å². The molecule has 0 aliphatic carbocycles. The van der Waals surface area contributed by atoms with Gasteiger partial charge in [0.1, 0.15) is 0 Å². The van der Waals surface area contributed by atoms with E-state index in [9.17, 15) is 4.79 Å². The van der Waals surface area contributed by atoms with Crippen molar-refractivity contribution in [2.24, 2.45) is 0 Å². The minimum atomic E-state index is -0.532. The maximum atomic E-state index is 11.0. The summed E-state index contributed by atoms with van der Waals surface area (Å²) in [4.78, 5) is 11.0. The zero-order chi connectivity index (χ0) is 11.3. The summed E-state index contributed by atoms with van der Waals surface area (Å²) in [5, 5.41) is 3.23. The Labute approximate surface area is 90.1 Å². The largest absolute Gasteiger partial charge is 0.467 e. The highest BCUT2D eigenvalue weighted by Gasteiger charge is 2.21. The van der Waals surface area contributed by atoms with Crippen molar-refractivity contribution in [2.45, 2.75) is 32.2 Å². The third-order valence-electron chi connectivity index (χ3n) is 2.29. The van der Waals surface area contributed by atoms with E-state index in [2.05, 4.69) is 10.1 Å². The van der Waals surface area contributed by atoms with Crippen LogP contribution in [0.4, 0.5) is 0 Å². The van der Waals surface area contributed by atoms with E-state index >= 15 is 0 Å². The molecule has 0 amide bonds. The summed E-state index contributed by atoms with van der Waals surface area (Å²) < 4.78 is 15.5. The molecule has 1 N–H and O–H groups in total. The lowest BCUT2D eigenvalue weighted by atomic mass is 10.2. The lowest BCUT2D eigenvalue weighted by Gasteiger charge is -2.29. The van der Waals surface area contributed by atoms with Crippen LogP contribution in [0.2, 0.25) is 0 Å². The fraction of sp³-hybridized carbons (Fsp3) is 0.900. The lowest BCUT2D eigenvalue weighted by molar-refractivity contribution is -0.157. The molecule has 1 aliphatic rings. The summed E-state index contributed by atoms with van der Waals surface area (Å²) in [5.74, 6) is -0.355. The van der Waals surface area contributed by atoms with E-state index in [1.54, 1.807) is 6.92 Å². The molecule has 1 heterocycles. The average Bonchev–Trinajstić information content (AvgIpc) is 2.25. The van der Waals surface area contributed by atoms with E-state index in [1.807, 2.05) is 6.92 Å². The Kier molecular flexibility index (Phi) is 5.01. The second-order valence-corrected chi connectivity index (χ2v) is 3.73. The first-order valence-corrected chi connectivity index (χ1v) is 5.19. The van der Waals surface area contributed by atoms with Gasteiger partial charge in [0.25, 0.3) is 0 Å². The molecule has 5 heteroatoms. The number of esters is 1. The molecule has 1 saturated heterocycles. The van der Waals surface area contributed by atoms with E-state index in [0.29, 0.717) is 6.61 Å². The van der Waals surface area contributed by atoms with Gasteiger partial charge in [0.05, 0.1) is 25.9 Å². The number of carbonyl (C=O) groups excluding carboxylic acids is 1. The first kappa shape index (κ1) is 12.4. The van der Waals surface area contributed by atoms with Gasteiger partial charge in [-0.1, -0.05) is 0 Å². The standard InChI is InChI=1S/C10H19NO4/c1-7-4-11-5-9(15-7)6-14-8(2)10(12)13-3/h7-9,11H,4-6H2,1-3H3. The maximum Gasteiger partial charge on any atom is 0.334 e. The van der Waals surface area contributed by atoms with Gasteiger partial charge in [-0.2, -0.15) is 0 Å². The van der Waals surface area contributed by atoms with Gasteiger partial charge in [-0.15, -0.1) is 0 Å². The minimum absolute atomic E-state index is 0.0147. The van der Waals surface area contributed by atoms with Crippen molar-refractivity contribution in [1.29, 1.82) is 0 Å². The van der Waals surface area contributed by atoms with Gasteiger partial charge in [-0.05, 0) is 13.8 Å². The molecule has 15 heavy (non-hydrogen) atoms. The molecule has 0 spiro atoms. The number of methoxy groups -OCH3 is 1. The molecular weight excluding hydrogens is 198 g/mol. The number of rotatable bonds is 4. The Hall–Kier alpha value is -0.650. The second kappa shape index (κ2) is 6.05. The van der Waals surface area contributed by atoms with Crippen LogP contribution in [-0.2, 0) is 19.0 Å². The average molecular weight is 217 g/mol. The summed E-state index contributed by atoms with van der Waals surface area (Å²) in [6, 6.07) is 0. The van der Waals surface area contributed by atoms with E-state index < -0.39 is 6.10 Å². The van der Waals surface area contributed by atoms with Crippen molar-refractivity contribution in [3.8, 4) is 0 Å². The van der Waals surface area contributed by atoms with Crippen molar-refractivity contribution in [1.82, 2.24) is 5.32 Å². The molecule has 1 aliphatic heterocycles. The SMILES string of the molecule is COC(=O)C(C)OCC1CNCC(C)O1. The van der Waals surface area contributed by atoms with Gasteiger partial charge in [0.2, 0.25) is 0 Å². The second-order valence-electron chi connectivity index (χ2n) is 3.73. The zero-order valence-corrected chi connectivity index (χ0v) is 9.49. The zero-order valence-electron chi connectivity index (χ0n) is 9.49. The van der Waals surface area contributed by atoms with Crippen LogP contribution in [0.5, 0.6) is 0 Å². The summed E-state index contributed by atoms with van der Waals surface area (Å²) in [6.07, 6.45) is -0.322. The van der Waals surface area contributed by atoms with Crippen molar-refractivity contribution in [3.05, 3.63) is 0 Å². The van der Waals surface area contributed by atoms with Gasteiger partial charge in [0.15, 0.2) is 6.10 Å². The van der Waals surface area contributed by atoms with Crippen LogP contribution in [0.15, 0.2) is 0 Å². The van der Waals surface area contributed by atoms with Crippen LogP contribution in [0, 0.1) is 0 Å². The Morgan fingerprint density at radius 3 is 2.93 bits per heavy atom. The first-order valence-electron chi connectivity index (χ1n) is 5.19. The molecule has 1 rings (SSSR count). The number of carbonyl (C=O) groups is 1. The smallest absolute Gasteiger partial charge is 0.334 e. The monoisotopic (exact) mass is 217 g/mol. The normalized spacial score (nSPS) is 28.5. The van der Waals surface area contributed by atoms with Crippen molar-refractivity contribution >= 4 is 5.97 Å². The minimum Gasteiger partial charge on any atom is -0.467 e. The van der Waals surface area contributed by atoms with Gasteiger partial charge >= 0.3 is 5.97 Å². The number of nitrogens with one attached hydrogen (secondary N) is 1. The lowest BCUT2D eigenvalue weighted by Crippen LogP contribution is -2.46. The number of morpholine rings is 1. The Balaban J connectivity index is 2.21. The maximum absolute atomic E-state index is 11.0. The van der Waals surface area contributed by atoms with Gasteiger partial charge in [0, 0.05) is 13.1 Å². The molecule has 0 aromatic heterocycles. The first-order chi connectivity index (χ1) is 7.13. The third-order valence-corrected chi connectivity index (χ3v) is 2.29. The molecule has 0 aromatic carbocycles. The van der Waals surface area contributed by atoms with Gasteiger partial charge in [-0.3, -0.25) is 0 Å². The Morgan fingerprint density at radius 2 is 2.33 bits per heavy atom. The highest BCUT2D eigenvalue weighted by Crippen LogP contribution is 2.05. The Bertz CT molecular complexity index is 210. The fourth-order valence-electron chi connectivity index (χ4n) is 1.46. The highest BCUT2D eigenvalue weighted by molar-refractivity contribution is 5.73. The summed E-state index contributed by atoms with van der Waals surface area (Å²) in [6.45, 7) is 5.71. The van der Waals surface area contributed by atoms with E-state index in [1.165, 1.54) is 7.11 Å². The molecular formula is C10H19NO4. The van der Waals surface area contributed by atoms with E-state index in [-0.39, 0.29) is 18.2 Å². The van der Waals surface area contributed by atoms with Crippen LogP contribution >= 0.6 is 0 Å². The van der Waals surface area contributed by atoms with Crippen LogP contribution in [0.3, 0.4) is 0 Å². The van der Waals surface area contributed by atoms with Crippen LogP contribution in [0.1, 0.15) is 13.8 Å². The predicted octanol–water partition coefficient (Wildman–Crippen LogP) is -0.0586. The number of hydrogen-bond donors (Lipinski definition) is 1. The summed E-state index contributed by atoms with van der Waals surface area (Å²) >= 11 is 0. The van der Waals surface area contributed by atoms with Crippen molar-refractivity contribution in [2.75, 3.05) is 26.8 Å². The van der Waals surface area contributed by atoms with Gasteiger partial charge in [-0.25, -0.2) is 4.79 Å². The summed E-state index contributed by atoms with van der Waals surface area (Å²) in [5.41, 5.74) is 0. The summed E-state index contributed by atoms with van der Waals surface area (Å²) in [7, 11) is 1.35. The molecule has 0 bridgehead atoms. The predicted molar refractivity (Wildman–Crippen MR) is 54.6 cm³/mol. The Morgan fingerprint density at radius 1 is 1.60 bits per heavy atom. The van der Waals surface area contributed by atoms with Gasteiger partial charge < -0.3 is 19.5 Å². The fourth-order valence-corrected chi connectivity index (χ4v) is 1.46. The van der Waals surface area contributed by atoms with Crippen LogP contribution < -0.4 is 5.32 Å². The number of hydrogen-bond acceptors (Lipinski definition) is 5. The molecule has 0 saturated carbocycles. The van der Waals surface area contributed by atoms with Crippen LogP contribution in [-0.4, -0.2) is 51.1 Å². The van der Waals surface area contributed by atoms with Crippen LogP contribution in [0.25, 0.3) is 0 Å². The molecule has 5 nitrogen and oxygen atoms in total. The topological polar surface area (TPSA) is 56.8 Å². The van der Waals surface area contributed by atoms with Crippen molar-refractivity contribution in [3.63, 3.8) is 0 Å². The molecule has 88 valence electrons. The van der Waals surface area contributed by atoms with E-state index in [0.717, 1.165) is 13.1 Å². The third kappa shape index (κ3) is 4.15. The quantitative estimate of drug-likeness (QED) is 0.669.